The molecular formula is C19H21BrFNO3. The number of carbonyl (C=O) groups is 1. The molecule has 1 N–H and O–H groups in total. The monoisotopic (exact) mass is 409 g/mol. The van der Waals surface area contributed by atoms with Gasteiger partial charge in [0.25, 0.3) is 5.91 Å². The highest BCUT2D eigenvalue weighted by Crippen LogP contribution is 2.23. The van der Waals surface area contributed by atoms with Gasteiger partial charge < -0.3 is 14.8 Å². The van der Waals surface area contributed by atoms with Gasteiger partial charge in [0.15, 0.2) is 0 Å². The van der Waals surface area contributed by atoms with Gasteiger partial charge in [0.1, 0.15) is 11.6 Å². The first-order valence-electron chi connectivity index (χ1n) is 7.91. The van der Waals surface area contributed by atoms with Crippen LogP contribution in [0.15, 0.2) is 40.9 Å². The molecule has 0 aliphatic carbocycles. The molecule has 0 radical (unpaired) electrons. The van der Waals surface area contributed by atoms with Crippen LogP contribution in [0.4, 0.5) is 10.1 Å². The summed E-state index contributed by atoms with van der Waals surface area (Å²) in [7, 11) is 1.57. The second kappa shape index (κ2) is 8.97. The first-order chi connectivity index (χ1) is 11.9. The number of nitrogens with one attached hydrogen (secondary N) is 1. The van der Waals surface area contributed by atoms with Crippen LogP contribution in [0.25, 0.3) is 0 Å². The van der Waals surface area contributed by atoms with E-state index in [1.807, 2.05) is 0 Å². The molecule has 0 aliphatic heterocycles. The molecule has 0 spiro atoms. The van der Waals surface area contributed by atoms with E-state index in [-0.39, 0.29) is 5.69 Å². The van der Waals surface area contributed by atoms with Crippen molar-refractivity contribution in [2.24, 2.45) is 5.92 Å². The fourth-order valence-electron chi connectivity index (χ4n) is 2.22. The minimum atomic E-state index is -0.503. The predicted molar refractivity (Wildman–Crippen MR) is 99.5 cm³/mol. The first-order valence-corrected chi connectivity index (χ1v) is 8.71. The van der Waals surface area contributed by atoms with E-state index in [0.29, 0.717) is 34.9 Å². The molecule has 134 valence electrons. The molecule has 0 heterocycles. The van der Waals surface area contributed by atoms with Gasteiger partial charge >= 0.3 is 0 Å². The third-order valence-corrected chi connectivity index (χ3v) is 3.92. The number of methoxy groups -OCH3 is 1. The Morgan fingerprint density at radius 2 is 2.00 bits per heavy atom. The standard InChI is InChI=1S/C19H21BrFNO3/c1-12(2)10-25-11-14-8-13(4-7-18(14)24-3)19(23)22-17-6-5-15(20)9-16(17)21/h4-9,12H,10-11H2,1-3H3,(H,22,23). The average molecular weight is 410 g/mol. The lowest BCUT2D eigenvalue weighted by molar-refractivity contribution is 0.0952. The molecule has 0 atom stereocenters. The third-order valence-electron chi connectivity index (χ3n) is 3.43. The zero-order chi connectivity index (χ0) is 18.4. The van der Waals surface area contributed by atoms with Gasteiger partial charge in [-0.15, -0.1) is 0 Å². The maximum Gasteiger partial charge on any atom is 0.255 e. The molecule has 0 aliphatic rings. The van der Waals surface area contributed by atoms with Crippen molar-refractivity contribution in [3.8, 4) is 5.75 Å². The van der Waals surface area contributed by atoms with Crippen molar-refractivity contribution in [2.45, 2.75) is 20.5 Å². The van der Waals surface area contributed by atoms with Crippen LogP contribution in [-0.4, -0.2) is 19.6 Å². The number of hydrogen-bond donors (Lipinski definition) is 1. The smallest absolute Gasteiger partial charge is 0.255 e. The lowest BCUT2D eigenvalue weighted by Crippen LogP contribution is -2.14. The first kappa shape index (κ1) is 19.4. The van der Waals surface area contributed by atoms with E-state index < -0.39 is 11.7 Å². The topological polar surface area (TPSA) is 47.6 Å². The zero-order valence-electron chi connectivity index (χ0n) is 14.4. The van der Waals surface area contributed by atoms with Gasteiger partial charge in [-0.3, -0.25) is 4.79 Å². The highest BCUT2D eigenvalue weighted by atomic mass is 79.9. The second-order valence-electron chi connectivity index (χ2n) is 6.01. The maximum atomic E-state index is 13.9. The summed E-state index contributed by atoms with van der Waals surface area (Å²) in [6.07, 6.45) is 0. The molecule has 0 saturated carbocycles. The summed E-state index contributed by atoms with van der Waals surface area (Å²) in [6.45, 7) is 5.08. The Labute approximate surface area is 155 Å². The van der Waals surface area contributed by atoms with Crippen LogP contribution in [0.5, 0.6) is 5.75 Å². The Kier molecular flexibility index (Phi) is 6.96. The normalized spacial score (nSPS) is 10.8. The molecule has 4 nitrogen and oxygen atoms in total. The molecule has 2 aromatic carbocycles. The van der Waals surface area contributed by atoms with Crippen LogP contribution < -0.4 is 10.1 Å². The van der Waals surface area contributed by atoms with Crippen LogP contribution in [-0.2, 0) is 11.3 Å². The summed E-state index contributed by atoms with van der Waals surface area (Å²) in [6, 6.07) is 9.52. The van der Waals surface area contributed by atoms with Gasteiger partial charge in [-0.05, 0) is 42.3 Å². The number of anilines is 1. The van der Waals surface area contributed by atoms with Crippen molar-refractivity contribution >= 4 is 27.5 Å². The SMILES string of the molecule is COc1ccc(C(=O)Nc2ccc(Br)cc2F)cc1COCC(C)C. The van der Waals surface area contributed by atoms with Gasteiger partial charge in [-0.25, -0.2) is 4.39 Å². The third kappa shape index (κ3) is 5.54. The van der Waals surface area contributed by atoms with Crippen LogP contribution >= 0.6 is 15.9 Å². The summed E-state index contributed by atoms with van der Waals surface area (Å²) in [5.41, 5.74) is 1.31. The molecule has 0 saturated heterocycles. The summed E-state index contributed by atoms with van der Waals surface area (Å²) in [4.78, 5) is 12.4. The van der Waals surface area contributed by atoms with Gasteiger partial charge in [0.05, 0.1) is 19.4 Å². The number of carbonyl (C=O) groups excluding carboxylic acids is 1. The predicted octanol–water partition coefficient (Wildman–Crippen LogP) is 5.02. The number of hydrogen-bond acceptors (Lipinski definition) is 3. The van der Waals surface area contributed by atoms with E-state index in [4.69, 9.17) is 9.47 Å². The van der Waals surface area contributed by atoms with Gasteiger partial charge in [-0.1, -0.05) is 29.8 Å². The molecule has 25 heavy (non-hydrogen) atoms. The highest BCUT2D eigenvalue weighted by Gasteiger charge is 2.13. The summed E-state index contributed by atoms with van der Waals surface area (Å²) >= 11 is 3.19. The molecule has 0 unspecified atom stereocenters. The molecule has 1 amide bonds. The number of amides is 1. The second-order valence-corrected chi connectivity index (χ2v) is 6.93. The van der Waals surface area contributed by atoms with Crippen molar-refractivity contribution in [3.05, 3.63) is 57.8 Å². The number of ether oxygens (including phenoxy) is 2. The average Bonchev–Trinajstić information content (AvgIpc) is 2.57. The minimum absolute atomic E-state index is 0.127. The van der Waals surface area contributed by atoms with E-state index in [9.17, 15) is 9.18 Å². The van der Waals surface area contributed by atoms with Gasteiger partial charge in [0, 0.05) is 22.2 Å². The Bertz CT molecular complexity index is 749. The maximum absolute atomic E-state index is 13.9. The number of halogens is 2. The Balaban J connectivity index is 2.15. The fourth-order valence-corrected chi connectivity index (χ4v) is 2.56. The Morgan fingerprint density at radius 3 is 2.64 bits per heavy atom. The van der Waals surface area contributed by atoms with Crippen molar-refractivity contribution in [3.63, 3.8) is 0 Å². The molecule has 0 aromatic heterocycles. The minimum Gasteiger partial charge on any atom is -0.496 e. The molecule has 6 heteroatoms. The zero-order valence-corrected chi connectivity index (χ0v) is 16.0. The highest BCUT2D eigenvalue weighted by molar-refractivity contribution is 9.10. The number of benzene rings is 2. The van der Waals surface area contributed by atoms with E-state index in [1.165, 1.54) is 12.1 Å². The summed E-state index contributed by atoms with van der Waals surface area (Å²) in [5.74, 6) is 0.165. The molecular weight excluding hydrogens is 389 g/mol. The lowest BCUT2D eigenvalue weighted by atomic mass is 10.1. The van der Waals surface area contributed by atoms with Crippen molar-refractivity contribution in [1.29, 1.82) is 0 Å². The van der Waals surface area contributed by atoms with Crippen molar-refractivity contribution in [2.75, 3.05) is 19.0 Å². The van der Waals surface area contributed by atoms with Crippen LogP contribution in [0.3, 0.4) is 0 Å². The molecule has 0 bridgehead atoms. The van der Waals surface area contributed by atoms with Crippen LogP contribution in [0.1, 0.15) is 29.8 Å². The Morgan fingerprint density at radius 1 is 1.24 bits per heavy atom. The van der Waals surface area contributed by atoms with E-state index in [0.717, 1.165) is 5.56 Å². The Hall–Kier alpha value is -1.92. The fraction of sp³-hybridized carbons (Fsp3) is 0.316. The van der Waals surface area contributed by atoms with Crippen LogP contribution in [0, 0.1) is 11.7 Å². The number of rotatable bonds is 7. The molecule has 0 fully saturated rings. The van der Waals surface area contributed by atoms with Gasteiger partial charge in [-0.2, -0.15) is 0 Å². The lowest BCUT2D eigenvalue weighted by Gasteiger charge is -2.13. The van der Waals surface area contributed by atoms with E-state index >= 15 is 0 Å². The quantitative estimate of drug-likeness (QED) is 0.697. The molecule has 2 aromatic rings. The molecule has 2 rings (SSSR count). The van der Waals surface area contributed by atoms with Crippen molar-refractivity contribution in [1.82, 2.24) is 0 Å². The summed E-state index contributed by atoms with van der Waals surface area (Å²) < 4.78 is 25.4. The van der Waals surface area contributed by atoms with E-state index in [1.54, 1.807) is 31.4 Å². The largest absolute Gasteiger partial charge is 0.496 e. The summed E-state index contributed by atoms with van der Waals surface area (Å²) in [5, 5.41) is 2.58. The van der Waals surface area contributed by atoms with Gasteiger partial charge in [0.2, 0.25) is 0 Å². The van der Waals surface area contributed by atoms with Crippen LogP contribution in [0.2, 0.25) is 0 Å². The van der Waals surface area contributed by atoms with E-state index in [2.05, 4.69) is 35.1 Å². The van der Waals surface area contributed by atoms with Crippen molar-refractivity contribution < 1.29 is 18.7 Å².